The molecule has 1 aromatic rings. The maximum Gasteiger partial charge on any atom is 0.120 e. The minimum Gasteiger partial charge on any atom is -0.497 e. The molecule has 0 unspecified atom stereocenters. The Bertz CT molecular complexity index is 359. The number of nitrogens with zero attached hydrogens (tertiary/aromatic N) is 2. The van der Waals surface area contributed by atoms with Gasteiger partial charge in [-0.15, -0.1) is 0 Å². The number of benzene rings is 1. The van der Waals surface area contributed by atoms with Gasteiger partial charge in [0.15, 0.2) is 0 Å². The predicted octanol–water partition coefficient (Wildman–Crippen LogP) is 2.23. The Kier molecular flexibility index (Phi) is 3.89. The molecule has 1 aromatic carbocycles. The van der Waals surface area contributed by atoms with Gasteiger partial charge in [-0.1, -0.05) is 6.07 Å². The summed E-state index contributed by atoms with van der Waals surface area (Å²) >= 11 is 0. The number of hydrogen-bond donors (Lipinski definition) is 0. The molecule has 2 rings (SSSR count). The van der Waals surface area contributed by atoms with Crippen molar-refractivity contribution in [2.24, 2.45) is 0 Å². The summed E-state index contributed by atoms with van der Waals surface area (Å²) in [6, 6.07) is 8.96. The molecule has 17 heavy (non-hydrogen) atoms. The minimum absolute atomic E-state index is 0.651. The Morgan fingerprint density at radius 2 is 2.00 bits per heavy atom. The second kappa shape index (κ2) is 5.41. The molecule has 0 atom stereocenters. The van der Waals surface area contributed by atoms with Crippen molar-refractivity contribution in [2.45, 2.75) is 18.9 Å². The highest BCUT2D eigenvalue weighted by atomic mass is 16.5. The van der Waals surface area contributed by atoms with Gasteiger partial charge < -0.3 is 14.5 Å². The molecule has 0 N–H and O–H groups in total. The molecule has 1 saturated heterocycles. The van der Waals surface area contributed by atoms with E-state index in [-0.39, 0.29) is 0 Å². The summed E-state index contributed by atoms with van der Waals surface area (Å²) in [5.74, 6) is 0.933. The van der Waals surface area contributed by atoms with Crippen LogP contribution in [0.4, 0.5) is 5.69 Å². The summed E-state index contributed by atoms with van der Waals surface area (Å²) in [6.07, 6.45) is 2.48. The molecule has 1 heterocycles. The number of rotatable bonds is 3. The molecule has 3 heteroatoms. The van der Waals surface area contributed by atoms with Gasteiger partial charge in [0.2, 0.25) is 0 Å². The number of methoxy groups -OCH3 is 1. The third-order valence-electron chi connectivity index (χ3n) is 3.70. The molecule has 0 aliphatic carbocycles. The highest BCUT2D eigenvalue weighted by Gasteiger charge is 2.20. The van der Waals surface area contributed by atoms with Crippen molar-refractivity contribution in [1.82, 2.24) is 4.90 Å². The molecule has 1 aliphatic heterocycles. The Labute approximate surface area is 104 Å². The Morgan fingerprint density at radius 3 is 2.65 bits per heavy atom. The Morgan fingerprint density at radius 1 is 1.29 bits per heavy atom. The lowest BCUT2D eigenvalue weighted by Crippen LogP contribution is -2.41. The fourth-order valence-corrected chi connectivity index (χ4v) is 2.42. The van der Waals surface area contributed by atoms with E-state index in [9.17, 15) is 0 Å². The molecule has 0 bridgehead atoms. The summed E-state index contributed by atoms with van der Waals surface area (Å²) in [7, 11) is 6.10. The molecule has 3 nitrogen and oxygen atoms in total. The molecule has 1 fully saturated rings. The van der Waals surface area contributed by atoms with Gasteiger partial charge in [0.05, 0.1) is 7.11 Å². The number of hydrogen-bond acceptors (Lipinski definition) is 3. The van der Waals surface area contributed by atoms with Gasteiger partial charge in [-0.25, -0.2) is 0 Å². The van der Waals surface area contributed by atoms with Crippen molar-refractivity contribution in [1.29, 1.82) is 0 Å². The lowest BCUT2D eigenvalue weighted by atomic mass is 10.0. The number of piperidine rings is 1. The van der Waals surface area contributed by atoms with Crippen LogP contribution in [0.1, 0.15) is 12.8 Å². The smallest absolute Gasteiger partial charge is 0.120 e. The van der Waals surface area contributed by atoms with Crippen LogP contribution in [0.2, 0.25) is 0 Å². The van der Waals surface area contributed by atoms with Crippen LogP contribution in [0.15, 0.2) is 24.3 Å². The predicted molar refractivity (Wildman–Crippen MR) is 71.9 cm³/mol. The zero-order chi connectivity index (χ0) is 12.3. The molecule has 0 aromatic heterocycles. The molecule has 0 radical (unpaired) electrons. The molecule has 0 amide bonds. The first kappa shape index (κ1) is 12.2. The molecule has 94 valence electrons. The first-order chi connectivity index (χ1) is 8.20. The van der Waals surface area contributed by atoms with Crippen LogP contribution >= 0.6 is 0 Å². The first-order valence-electron chi connectivity index (χ1n) is 6.26. The maximum absolute atomic E-state index is 5.27. The van der Waals surface area contributed by atoms with E-state index < -0.39 is 0 Å². The zero-order valence-corrected chi connectivity index (χ0v) is 11.0. The van der Waals surface area contributed by atoms with Gasteiger partial charge >= 0.3 is 0 Å². The van der Waals surface area contributed by atoms with Crippen LogP contribution < -0.4 is 9.64 Å². The minimum atomic E-state index is 0.651. The molecule has 1 aliphatic rings. The average molecular weight is 234 g/mol. The van der Waals surface area contributed by atoms with Gasteiger partial charge in [0.25, 0.3) is 0 Å². The SMILES string of the molecule is COc1cccc(N(C)C2CCN(C)CC2)c1. The zero-order valence-electron chi connectivity index (χ0n) is 11.0. The van der Waals surface area contributed by atoms with Gasteiger partial charge in [0.1, 0.15) is 5.75 Å². The van der Waals surface area contributed by atoms with Crippen molar-refractivity contribution in [3.05, 3.63) is 24.3 Å². The van der Waals surface area contributed by atoms with Crippen LogP contribution in [-0.2, 0) is 0 Å². The fourth-order valence-electron chi connectivity index (χ4n) is 2.42. The van der Waals surface area contributed by atoms with Crippen LogP contribution in [0, 0.1) is 0 Å². The second-order valence-corrected chi connectivity index (χ2v) is 4.85. The highest BCUT2D eigenvalue weighted by molar-refractivity contribution is 5.51. The normalized spacial score (nSPS) is 18.1. The van der Waals surface area contributed by atoms with Crippen molar-refractivity contribution < 1.29 is 4.74 Å². The summed E-state index contributed by atoms with van der Waals surface area (Å²) in [6.45, 7) is 2.39. The topological polar surface area (TPSA) is 15.7 Å². The van der Waals surface area contributed by atoms with Gasteiger partial charge in [-0.05, 0) is 45.1 Å². The van der Waals surface area contributed by atoms with Gasteiger partial charge in [-0.3, -0.25) is 0 Å². The van der Waals surface area contributed by atoms with Crippen LogP contribution in [0.3, 0.4) is 0 Å². The number of anilines is 1. The van der Waals surface area contributed by atoms with Crippen molar-refractivity contribution >= 4 is 5.69 Å². The van der Waals surface area contributed by atoms with Crippen LogP contribution in [-0.4, -0.2) is 45.2 Å². The average Bonchev–Trinajstić information content (AvgIpc) is 2.39. The van der Waals surface area contributed by atoms with Crippen molar-refractivity contribution in [3.8, 4) is 5.75 Å². The third-order valence-corrected chi connectivity index (χ3v) is 3.70. The molecule has 0 saturated carbocycles. The van der Waals surface area contributed by atoms with E-state index in [4.69, 9.17) is 4.74 Å². The summed E-state index contributed by atoms with van der Waals surface area (Å²) in [5.41, 5.74) is 1.25. The lowest BCUT2D eigenvalue weighted by molar-refractivity contribution is 0.253. The van der Waals surface area contributed by atoms with Gasteiger partial charge in [-0.2, -0.15) is 0 Å². The molecular formula is C14H22N2O. The summed E-state index contributed by atoms with van der Waals surface area (Å²) < 4.78 is 5.27. The Hall–Kier alpha value is -1.22. The lowest BCUT2D eigenvalue weighted by Gasteiger charge is -2.36. The summed E-state index contributed by atoms with van der Waals surface area (Å²) in [4.78, 5) is 4.78. The van der Waals surface area contributed by atoms with E-state index in [1.165, 1.54) is 31.6 Å². The summed E-state index contributed by atoms with van der Waals surface area (Å²) in [5, 5.41) is 0. The second-order valence-electron chi connectivity index (χ2n) is 4.85. The maximum atomic E-state index is 5.27. The van der Waals surface area contributed by atoms with E-state index in [0.29, 0.717) is 6.04 Å². The van der Waals surface area contributed by atoms with E-state index in [2.05, 4.69) is 42.1 Å². The quantitative estimate of drug-likeness (QED) is 0.797. The van der Waals surface area contributed by atoms with E-state index in [1.807, 2.05) is 6.07 Å². The van der Waals surface area contributed by atoms with E-state index in [0.717, 1.165) is 5.75 Å². The van der Waals surface area contributed by atoms with Crippen molar-refractivity contribution in [2.75, 3.05) is 39.2 Å². The molecular weight excluding hydrogens is 212 g/mol. The van der Waals surface area contributed by atoms with E-state index >= 15 is 0 Å². The van der Waals surface area contributed by atoms with Crippen LogP contribution in [0.5, 0.6) is 5.75 Å². The number of likely N-dealkylation sites (tertiary alicyclic amines) is 1. The third kappa shape index (κ3) is 2.91. The highest BCUT2D eigenvalue weighted by Crippen LogP contribution is 2.24. The fraction of sp³-hybridized carbons (Fsp3) is 0.571. The standard InChI is InChI=1S/C14H22N2O/c1-15-9-7-12(8-10-15)16(2)13-5-4-6-14(11-13)17-3/h4-6,11-12H,7-10H2,1-3H3. The van der Waals surface area contributed by atoms with Crippen LogP contribution in [0.25, 0.3) is 0 Å². The monoisotopic (exact) mass is 234 g/mol. The first-order valence-corrected chi connectivity index (χ1v) is 6.26. The van der Waals surface area contributed by atoms with Crippen molar-refractivity contribution in [3.63, 3.8) is 0 Å². The largest absolute Gasteiger partial charge is 0.497 e. The Balaban J connectivity index is 2.05. The van der Waals surface area contributed by atoms with E-state index in [1.54, 1.807) is 7.11 Å². The molecule has 0 spiro atoms. The van der Waals surface area contributed by atoms with Gasteiger partial charge in [0, 0.05) is 24.8 Å². The number of ether oxygens (including phenoxy) is 1.